The fourth-order valence-corrected chi connectivity index (χ4v) is 4.84. The molecule has 1 unspecified atom stereocenters. The van der Waals surface area contributed by atoms with Crippen LogP contribution >= 0.6 is 0 Å². The minimum Gasteiger partial charge on any atom is -0.455 e. The molecule has 0 radical (unpaired) electrons. The van der Waals surface area contributed by atoms with Gasteiger partial charge in [0.25, 0.3) is 0 Å². The Labute approximate surface area is 209 Å². The van der Waals surface area contributed by atoms with Crippen LogP contribution in [0.25, 0.3) is 11.3 Å². The molecule has 1 fully saturated rings. The smallest absolute Gasteiger partial charge is 0.311 e. The van der Waals surface area contributed by atoms with E-state index in [2.05, 4.69) is 63.9 Å². The lowest BCUT2D eigenvalue weighted by Crippen LogP contribution is -2.21. The van der Waals surface area contributed by atoms with Crippen molar-refractivity contribution < 1.29 is 14.3 Å². The number of aryl methyl sites for hydroxylation is 2. The van der Waals surface area contributed by atoms with Crippen LogP contribution in [0.3, 0.4) is 0 Å². The third-order valence-corrected chi connectivity index (χ3v) is 7.18. The van der Waals surface area contributed by atoms with Crippen molar-refractivity contribution in [3.05, 3.63) is 52.3 Å². The van der Waals surface area contributed by atoms with Gasteiger partial charge >= 0.3 is 5.97 Å². The maximum absolute atomic E-state index is 12.7. The summed E-state index contributed by atoms with van der Waals surface area (Å²) in [4.78, 5) is 17.2. The number of esters is 1. The van der Waals surface area contributed by atoms with E-state index in [0.29, 0.717) is 12.3 Å². The Balaban J connectivity index is 1.70. The van der Waals surface area contributed by atoms with Gasteiger partial charge < -0.3 is 9.47 Å². The van der Waals surface area contributed by atoms with Crippen molar-refractivity contribution in [2.24, 2.45) is 10.9 Å². The standard InChI is InChI=1S/C29H39N3O3/c1-7-32-26(19(2)20(3)31-32)27(34-18-35-28(33)22-11-9-8-10-12-22)25(24-17-30-24)21-13-15-23(16-14-21)29(4,5)6/h13-17,22,24H,7-12,18H2,1-6H3/b27-25+. The Kier molecular flexibility index (Phi) is 7.48. The molecule has 35 heavy (non-hydrogen) atoms. The lowest BCUT2D eigenvalue weighted by molar-refractivity contribution is -0.157. The highest BCUT2D eigenvalue weighted by Crippen LogP contribution is 2.37. The molecule has 6 nitrogen and oxygen atoms in total. The van der Waals surface area contributed by atoms with Crippen molar-refractivity contribution in [3.8, 4) is 0 Å². The summed E-state index contributed by atoms with van der Waals surface area (Å²) in [6.07, 6.45) is 7.12. The topological polar surface area (TPSA) is 65.7 Å². The van der Waals surface area contributed by atoms with Crippen LogP contribution in [0.5, 0.6) is 0 Å². The molecule has 1 aromatic carbocycles. The van der Waals surface area contributed by atoms with Gasteiger partial charge in [-0.1, -0.05) is 64.3 Å². The monoisotopic (exact) mass is 477 g/mol. The average molecular weight is 478 g/mol. The van der Waals surface area contributed by atoms with Crippen molar-refractivity contribution in [1.29, 1.82) is 0 Å². The first-order chi connectivity index (χ1) is 16.7. The third-order valence-electron chi connectivity index (χ3n) is 7.18. The second kappa shape index (κ2) is 10.4. The summed E-state index contributed by atoms with van der Waals surface area (Å²) in [7, 11) is 0. The number of carbonyl (C=O) groups excluding carboxylic acids is 1. The summed E-state index contributed by atoms with van der Waals surface area (Å²) in [6, 6.07) is 8.58. The molecule has 2 heterocycles. The van der Waals surface area contributed by atoms with Crippen molar-refractivity contribution in [3.63, 3.8) is 0 Å². The number of ether oxygens (including phenoxy) is 2. The molecule has 2 aromatic rings. The molecule has 0 N–H and O–H groups in total. The molecular weight excluding hydrogens is 438 g/mol. The van der Waals surface area contributed by atoms with Crippen LogP contribution in [0.4, 0.5) is 0 Å². The van der Waals surface area contributed by atoms with Crippen molar-refractivity contribution >= 4 is 23.5 Å². The van der Waals surface area contributed by atoms with Gasteiger partial charge in [0.1, 0.15) is 11.7 Å². The van der Waals surface area contributed by atoms with E-state index in [0.717, 1.165) is 53.8 Å². The predicted molar refractivity (Wildman–Crippen MR) is 140 cm³/mol. The zero-order valence-corrected chi connectivity index (χ0v) is 22.1. The van der Waals surface area contributed by atoms with Gasteiger partial charge in [0.2, 0.25) is 6.79 Å². The number of benzene rings is 1. The summed E-state index contributed by atoms with van der Waals surface area (Å²) in [5, 5.41) is 4.72. The molecular formula is C29H39N3O3. The first-order valence-electron chi connectivity index (χ1n) is 12.9. The van der Waals surface area contributed by atoms with Gasteiger partial charge in [0, 0.05) is 23.9 Å². The molecule has 6 heteroatoms. The summed E-state index contributed by atoms with van der Waals surface area (Å²) in [5.74, 6) is 0.521. The average Bonchev–Trinajstić information content (AvgIpc) is 3.64. The van der Waals surface area contributed by atoms with Gasteiger partial charge in [0.05, 0.1) is 11.6 Å². The highest BCUT2D eigenvalue weighted by atomic mass is 16.7. The highest BCUT2D eigenvalue weighted by molar-refractivity contribution is 6.04. The van der Waals surface area contributed by atoms with Gasteiger partial charge in [-0.25, -0.2) is 0 Å². The zero-order valence-electron chi connectivity index (χ0n) is 22.1. The maximum atomic E-state index is 12.7. The molecule has 1 atom stereocenters. The van der Waals surface area contributed by atoms with E-state index in [1.807, 2.05) is 17.8 Å². The largest absolute Gasteiger partial charge is 0.455 e. The van der Waals surface area contributed by atoms with Gasteiger partial charge in [-0.15, -0.1) is 0 Å². The van der Waals surface area contributed by atoms with E-state index in [9.17, 15) is 4.79 Å². The first kappa shape index (κ1) is 25.2. The summed E-state index contributed by atoms with van der Waals surface area (Å²) in [5.41, 5.74) is 6.31. The number of rotatable bonds is 8. The van der Waals surface area contributed by atoms with E-state index >= 15 is 0 Å². The Morgan fingerprint density at radius 1 is 1.06 bits per heavy atom. The Morgan fingerprint density at radius 2 is 1.71 bits per heavy atom. The van der Waals surface area contributed by atoms with Gasteiger partial charge in [-0.05, 0) is 50.2 Å². The summed E-state index contributed by atoms with van der Waals surface area (Å²) in [6.45, 7) is 13.4. The molecule has 0 spiro atoms. The molecule has 1 aliphatic heterocycles. The van der Waals surface area contributed by atoms with E-state index < -0.39 is 0 Å². The highest BCUT2D eigenvalue weighted by Gasteiger charge is 2.31. The van der Waals surface area contributed by atoms with Crippen LogP contribution in [0.2, 0.25) is 0 Å². The summed E-state index contributed by atoms with van der Waals surface area (Å²) >= 11 is 0. The van der Waals surface area contributed by atoms with Gasteiger partial charge in [0.15, 0.2) is 5.76 Å². The molecule has 188 valence electrons. The lowest BCUT2D eigenvalue weighted by atomic mass is 9.85. The predicted octanol–water partition coefficient (Wildman–Crippen LogP) is 6.24. The van der Waals surface area contributed by atoms with E-state index in [4.69, 9.17) is 14.6 Å². The SMILES string of the molecule is CCn1nc(C)c(C)c1/C(OCOC(=O)C1CCCCC1)=C(/c1ccc(C(C)(C)C)cc1)C1C=N1. The van der Waals surface area contributed by atoms with Crippen LogP contribution in [-0.4, -0.2) is 34.8 Å². The first-order valence-corrected chi connectivity index (χ1v) is 12.9. The molecule has 1 saturated carbocycles. The molecule has 0 amide bonds. The molecule has 1 aromatic heterocycles. The van der Waals surface area contributed by atoms with Crippen LogP contribution in [0, 0.1) is 19.8 Å². The Bertz CT molecular complexity index is 1110. The fraction of sp³-hybridized carbons (Fsp3) is 0.552. The Morgan fingerprint density at radius 3 is 2.29 bits per heavy atom. The third kappa shape index (κ3) is 5.68. The van der Waals surface area contributed by atoms with Gasteiger partial charge in [-0.3, -0.25) is 14.5 Å². The second-order valence-corrected chi connectivity index (χ2v) is 10.7. The lowest BCUT2D eigenvalue weighted by Gasteiger charge is -2.22. The molecule has 1 aliphatic carbocycles. The van der Waals surface area contributed by atoms with E-state index in [-0.39, 0.29) is 30.1 Å². The van der Waals surface area contributed by atoms with E-state index in [1.165, 1.54) is 12.0 Å². The zero-order chi connectivity index (χ0) is 25.2. The quantitative estimate of drug-likeness (QED) is 0.257. The van der Waals surface area contributed by atoms with Crippen molar-refractivity contribution in [2.45, 2.75) is 91.6 Å². The minimum absolute atomic E-state index is 0.0129. The van der Waals surface area contributed by atoms with E-state index in [1.54, 1.807) is 0 Å². The van der Waals surface area contributed by atoms with Gasteiger partial charge in [-0.2, -0.15) is 5.10 Å². The maximum Gasteiger partial charge on any atom is 0.311 e. The van der Waals surface area contributed by atoms with Crippen LogP contribution in [0.1, 0.15) is 87.9 Å². The number of carbonyl (C=O) groups is 1. The number of aromatic nitrogens is 2. The fourth-order valence-electron chi connectivity index (χ4n) is 4.84. The number of hydrogen-bond donors (Lipinski definition) is 0. The molecule has 4 rings (SSSR count). The molecule has 2 aliphatic rings. The second-order valence-electron chi connectivity index (χ2n) is 10.7. The van der Waals surface area contributed by atoms with Crippen molar-refractivity contribution in [1.82, 2.24) is 9.78 Å². The normalized spacial score (nSPS) is 18.9. The number of hydrogen-bond acceptors (Lipinski definition) is 5. The molecule has 0 saturated heterocycles. The number of aliphatic imine (C=N–C) groups is 1. The van der Waals surface area contributed by atoms with Crippen LogP contribution in [0.15, 0.2) is 29.3 Å². The molecule has 0 bridgehead atoms. The summed E-state index contributed by atoms with van der Waals surface area (Å²) < 4.78 is 13.9. The van der Waals surface area contributed by atoms with Crippen molar-refractivity contribution in [2.75, 3.05) is 6.79 Å². The van der Waals surface area contributed by atoms with Crippen LogP contribution < -0.4 is 0 Å². The minimum atomic E-state index is -0.153. The number of nitrogens with zero attached hydrogens (tertiary/aromatic N) is 3. The van der Waals surface area contributed by atoms with Crippen LogP contribution in [-0.2, 0) is 26.2 Å². The Hall–Kier alpha value is -2.89.